The van der Waals surface area contributed by atoms with Crippen molar-refractivity contribution in [3.63, 3.8) is 0 Å². The topological polar surface area (TPSA) is 30.9 Å². The van der Waals surface area contributed by atoms with Crippen molar-refractivity contribution in [2.45, 2.75) is 26.8 Å². The summed E-state index contributed by atoms with van der Waals surface area (Å²) in [5.41, 5.74) is 0. The molecule has 104 valence electrons. The van der Waals surface area contributed by atoms with Crippen LogP contribution < -0.4 is 0 Å². The molecule has 0 radical (unpaired) electrons. The summed E-state index contributed by atoms with van der Waals surface area (Å²) in [5.74, 6) is 0. The van der Waals surface area contributed by atoms with Crippen LogP contribution in [0.3, 0.4) is 0 Å². The van der Waals surface area contributed by atoms with Gasteiger partial charge in [0.1, 0.15) is 0 Å². The van der Waals surface area contributed by atoms with Crippen LogP contribution in [-0.4, -0.2) is 51.4 Å². The largest absolute Gasteiger partial charge is 0.502 e. The third-order valence-corrected chi connectivity index (χ3v) is 7.20. The Hall–Kier alpha value is 0.757. The summed E-state index contributed by atoms with van der Waals surface area (Å²) < 4.78 is 19.6. The average Bonchev–Trinajstić information content (AvgIpc) is 2.31. The molecule has 0 unspecified atom stereocenters. The third kappa shape index (κ3) is 7.05. The van der Waals surface area contributed by atoms with Crippen LogP contribution >= 0.6 is 23.9 Å². The summed E-state index contributed by atoms with van der Waals surface area (Å²) >= 11 is 3.43. The van der Waals surface area contributed by atoms with Gasteiger partial charge in [0.2, 0.25) is 0 Å². The summed E-state index contributed by atoms with van der Waals surface area (Å²) in [5, 5.41) is 0. The molecule has 0 aliphatic rings. The highest BCUT2D eigenvalue weighted by Gasteiger charge is 2.40. The van der Waals surface area contributed by atoms with Crippen molar-refractivity contribution in [1.82, 2.24) is 3.71 Å². The summed E-state index contributed by atoms with van der Waals surface area (Å²) in [6, 6.07) is 0.838. The Bertz CT molecular complexity index is 168. The monoisotopic (exact) mass is 299 g/mol. The first kappa shape index (κ1) is 17.8. The summed E-state index contributed by atoms with van der Waals surface area (Å²) in [6.07, 6.45) is 4.14. The molecule has 0 atom stereocenters. The van der Waals surface area contributed by atoms with E-state index in [2.05, 4.69) is 16.2 Å². The van der Waals surface area contributed by atoms with Crippen molar-refractivity contribution in [1.29, 1.82) is 0 Å². The van der Waals surface area contributed by atoms with Crippen molar-refractivity contribution >= 4 is 32.7 Å². The van der Waals surface area contributed by atoms with Crippen LogP contribution in [0.1, 0.15) is 20.8 Å². The molecular formula is C10H25NO3S2Si. The van der Waals surface area contributed by atoms with E-state index in [1.807, 2.05) is 20.8 Å². The van der Waals surface area contributed by atoms with E-state index in [9.17, 15) is 0 Å². The van der Waals surface area contributed by atoms with Crippen molar-refractivity contribution in [3.8, 4) is 0 Å². The zero-order chi connectivity index (χ0) is 13.1. The van der Waals surface area contributed by atoms with Gasteiger partial charge in [-0.1, -0.05) is 23.9 Å². The minimum atomic E-state index is -2.46. The second kappa shape index (κ2) is 10.7. The zero-order valence-electron chi connectivity index (χ0n) is 11.5. The van der Waals surface area contributed by atoms with E-state index in [4.69, 9.17) is 13.3 Å². The highest BCUT2D eigenvalue weighted by atomic mass is 32.2. The first-order valence-corrected chi connectivity index (χ1v) is 10.2. The van der Waals surface area contributed by atoms with Crippen molar-refractivity contribution in [2.24, 2.45) is 0 Å². The molecule has 0 saturated heterocycles. The van der Waals surface area contributed by atoms with Gasteiger partial charge in [0, 0.05) is 32.4 Å². The molecule has 4 nitrogen and oxygen atoms in total. The second-order valence-corrected chi connectivity index (χ2v) is 7.73. The minimum absolute atomic E-state index is 0.644. The van der Waals surface area contributed by atoms with E-state index in [0.717, 1.165) is 12.6 Å². The fourth-order valence-electron chi connectivity index (χ4n) is 1.49. The molecule has 0 amide bonds. The van der Waals surface area contributed by atoms with Crippen LogP contribution in [0.25, 0.3) is 0 Å². The van der Waals surface area contributed by atoms with E-state index >= 15 is 0 Å². The lowest BCUT2D eigenvalue weighted by Gasteiger charge is -2.29. The normalized spacial score (nSPS) is 12.4. The molecule has 0 saturated carbocycles. The van der Waals surface area contributed by atoms with E-state index < -0.39 is 8.80 Å². The van der Waals surface area contributed by atoms with Gasteiger partial charge in [-0.05, 0) is 33.3 Å². The average molecular weight is 300 g/mol. The first-order chi connectivity index (χ1) is 8.17. The molecule has 7 heteroatoms. The maximum absolute atomic E-state index is 5.80. The Balaban J connectivity index is 4.41. The van der Waals surface area contributed by atoms with Gasteiger partial charge >= 0.3 is 8.80 Å². The van der Waals surface area contributed by atoms with E-state index in [1.54, 1.807) is 23.9 Å². The van der Waals surface area contributed by atoms with Gasteiger partial charge in [-0.2, -0.15) is 3.71 Å². The van der Waals surface area contributed by atoms with Crippen LogP contribution in [0, 0.1) is 0 Å². The summed E-state index contributed by atoms with van der Waals surface area (Å²) in [7, 11) is -2.46. The Morgan fingerprint density at radius 3 is 1.59 bits per heavy atom. The lowest BCUT2D eigenvalue weighted by molar-refractivity contribution is 0.0711. The standard InChI is InChI=1S/C10H25NO3S2Si/c1-6-12-17(13-7-2,14-8-3)10-9-11(15-4)16-5/h6-10H2,1-5H3. The highest BCUT2D eigenvalue weighted by molar-refractivity contribution is 8.11. The number of rotatable bonds is 11. The maximum Gasteiger partial charge on any atom is 0.502 e. The molecule has 0 aliphatic heterocycles. The maximum atomic E-state index is 5.80. The fourth-order valence-corrected chi connectivity index (χ4v) is 5.45. The SMILES string of the molecule is CCO[Si](CCN(SC)SC)(OCC)OCC. The zero-order valence-corrected chi connectivity index (χ0v) is 14.2. The number of hydrogen-bond donors (Lipinski definition) is 0. The first-order valence-electron chi connectivity index (χ1n) is 5.95. The van der Waals surface area contributed by atoms with Crippen LogP contribution in [0.5, 0.6) is 0 Å². The van der Waals surface area contributed by atoms with Crippen LogP contribution in [0.15, 0.2) is 0 Å². The molecule has 0 aromatic rings. The van der Waals surface area contributed by atoms with Crippen molar-refractivity contribution in [3.05, 3.63) is 0 Å². The van der Waals surface area contributed by atoms with Gasteiger partial charge in [-0.15, -0.1) is 0 Å². The molecule has 17 heavy (non-hydrogen) atoms. The molecule has 0 fully saturated rings. The smallest absolute Gasteiger partial charge is 0.374 e. The molecule has 0 aromatic heterocycles. The quantitative estimate of drug-likeness (QED) is 0.431. The number of hydrogen-bond acceptors (Lipinski definition) is 6. The molecule has 0 spiro atoms. The summed E-state index contributed by atoms with van der Waals surface area (Å²) in [6.45, 7) is 8.80. The molecule has 0 bridgehead atoms. The lowest BCUT2D eigenvalue weighted by atomic mass is 10.8. The van der Waals surface area contributed by atoms with Crippen LogP contribution in [0.4, 0.5) is 0 Å². The van der Waals surface area contributed by atoms with Crippen LogP contribution in [0.2, 0.25) is 6.04 Å². The molecule has 0 aliphatic carbocycles. The molecular weight excluding hydrogens is 274 g/mol. The molecule has 0 heterocycles. The predicted molar refractivity (Wildman–Crippen MR) is 79.2 cm³/mol. The van der Waals surface area contributed by atoms with Gasteiger partial charge in [0.05, 0.1) is 0 Å². The number of nitrogens with zero attached hydrogens (tertiary/aromatic N) is 1. The minimum Gasteiger partial charge on any atom is -0.374 e. The highest BCUT2D eigenvalue weighted by Crippen LogP contribution is 2.22. The van der Waals surface area contributed by atoms with Crippen molar-refractivity contribution < 1.29 is 13.3 Å². The summed E-state index contributed by atoms with van der Waals surface area (Å²) in [4.78, 5) is 0. The van der Waals surface area contributed by atoms with E-state index in [0.29, 0.717) is 19.8 Å². The lowest BCUT2D eigenvalue weighted by Crippen LogP contribution is -2.47. The molecule has 0 rings (SSSR count). The molecule has 0 N–H and O–H groups in total. The Kier molecular flexibility index (Phi) is 11.1. The van der Waals surface area contributed by atoms with E-state index in [1.165, 1.54) is 0 Å². The van der Waals surface area contributed by atoms with Crippen molar-refractivity contribution in [2.75, 3.05) is 38.9 Å². The van der Waals surface area contributed by atoms with Gasteiger partial charge < -0.3 is 13.3 Å². The third-order valence-electron chi connectivity index (χ3n) is 2.10. The predicted octanol–water partition coefficient (Wildman–Crippen LogP) is 2.89. The second-order valence-electron chi connectivity index (χ2n) is 3.15. The van der Waals surface area contributed by atoms with E-state index in [-0.39, 0.29) is 0 Å². The van der Waals surface area contributed by atoms with Crippen LogP contribution in [-0.2, 0) is 13.3 Å². The molecule has 0 aromatic carbocycles. The van der Waals surface area contributed by atoms with Gasteiger partial charge in [0.15, 0.2) is 0 Å². The van der Waals surface area contributed by atoms with Gasteiger partial charge in [-0.25, -0.2) is 0 Å². The Morgan fingerprint density at radius 1 is 0.882 bits per heavy atom. The van der Waals surface area contributed by atoms with Gasteiger partial charge in [-0.3, -0.25) is 0 Å². The Labute approximate surface area is 115 Å². The fraction of sp³-hybridized carbons (Fsp3) is 1.00. The Morgan fingerprint density at radius 2 is 1.29 bits per heavy atom. The van der Waals surface area contributed by atoms with Gasteiger partial charge in [0.25, 0.3) is 0 Å².